The van der Waals surface area contributed by atoms with Gasteiger partial charge in [0.05, 0.1) is 7.11 Å². The number of thiophene rings is 1. The van der Waals surface area contributed by atoms with Crippen LogP contribution in [0.2, 0.25) is 0 Å². The largest absolute Gasteiger partial charge is 0.469 e. The first-order valence-corrected chi connectivity index (χ1v) is 7.79. The van der Waals surface area contributed by atoms with Gasteiger partial charge in [0.15, 0.2) is 0 Å². The van der Waals surface area contributed by atoms with E-state index >= 15 is 0 Å². The average Bonchev–Trinajstić information content (AvgIpc) is 2.99. The first kappa shape index (κ1) is 14.7. The molecule has 1 fully saturated rings. The third-order valence-corrected chi connectivity index (χ3v) is 4.82. The van der Waals surface area contributed by atoms with Crippen molar-refractivity contribution in [3.63, 3.8) is 0 Å². The van der Waals surface area contributed by atoms with E-state index in [0.29, 0.717) is 11.7 Å². The van der Waals surface area contributed by atoms with E-state index in [1.807, 2.05) is 5.38 Å². The van der Waals surface area contributed by atoms with Crippen molar-refractivity contribution in [2.24, 2.45) is 5.92 Å². The maximum Gasteiger partial charge on any atom is 0.313 e. The monoisotopic (exact) mass is 320 g/mol. The van der Waals surface area contributed by atoms with Crippen LogP contribution in [-0.2, 0) is 20.7 Å². The van der Waals surface area contributed by atoms with Gasteiger partial charge in [0, 0.05) is 16.7 Å². The van der Waals surface area contributed by atoms with Gasteiger partial charge >= 0.3 is 5.97 Å². The minimum atomic E-state index is -0.413. The Bertz CT molecular complexity index is 709. The maximum atomic E-state index is 12.2. The van der Waals surface area contributed by atoms with Crippen LogP contribution in [0.5, 0.6) is 0 Å². The number of nitrogens with one attached hydrogen (secondary N) is 2. The molecule has 0 spiro atoms. The van der Waals surface area contributed by atoms with Crippen LogP contribution in [0.4, 0.5) is 5.95 Å². The zero-order valence-corrected chi connectivity index (χ0v) is 13.1. The molecule has 1 saturated carbocycles. The summed E-state index contributed by atoms with van der Waals surface area (Å²) in [5, 5.41) is 11.2. The van der Waals surface area contributed by atoms with Gasteiger partial charge < -0.3 is 4.74 Å². The number of anilines is 1. The summed E-state index contributed by atoms with van der Waals surface area (Å²) >= 11 is 1.69. The van der Waals surface area contributed by atoms with E-state index in [-0.39, 0.29) is 24.2 Å². The Hall–Kier alpha value is -2.22. The van der Waals surface area contributed by atoms with Gasteiger partial charge in [-0.15, -0.1) is 16.4 Å². The summed E-state index contributed by atoms with van der Waals surface area (Å²) in [5.74, 6) is 0.334. The fourth-order valence-electron chi connectivity index (χ4n) is 2.38. The minimum Gasteiger partial charge on any atom is -0.469 e. The molecule has 2 N–H and O–H groups in total. The summed E-state index contributed by atoms with van der Waals surface area (Å²) in [6.07, 6.45) is 0.854. The van der Waals surface area contributed by atoms with Gasteiger partial charge in [-0.1, -0.05) is 0 Å². The number of ether oxygens (including phenoxy) is 1. The molecular weight excluding hydrogens is 304 g/mol. The van der Waals surface area contributed by atoms with Crippen LogP contribution in [0.1, 0.15) is 28.6 Å². The lowest BCUT2D eigenvalue weighted by atomic mass is 10.2. The summed E-state index contributed by atoms with van der Waals surface area (Å²) in [6, 6.07) is 2.07. The molecule has 3 rings (SSSR count). The fourth-order valence-corrected chi connectivity index (χ4v) is 3.49. The van der Waals surface area contributed by atoms with E-state index in [0.717, 1.165) is 6.42 Å². The number of aryl methyl sites for hydroxylation is 1. The SMILES string of the molecule is COC(=O)Cc1nc(NC(=O)[C@H]2C[C@@H]2c2sccc2C)n[nH]1. The molecule has 1 amide bonds. The van der Waals surface area contributed by atoms with Crippen molar-refractivity contribution in [3.05, 3.63) is 27.7 Å². The minimum absolute atomic E-state index is 0.000184. The lowest BCUT2D eigenvalue weighted by Crippen LogP contribution is -2.15. The van der Waals surface area contributed by atoms with Crippen molar-refractivity contribution >= 4 is 29.2 Å². The third-order valence-electron chi connectivity index (χ3n) is 3.67. The molecule has 1 aliphatic carbocycles. The summed E-state index contributed by atoms with van der Waals surface area (Å²) in [5.41, 5.74) is 1.24. The highest BCUT2D eigenvalue weighted by Crippen LogP contribution is 2.50. The number of aromatic amines is 1. The van der Waals surface area contributed by atoms with Crippen molar-refractivity contribution in [2.75, 3.05) is 12.4 Å². The van der Waals surface area contributed by atoms with Crippen molar-refractivity contribution in [2.45, 2.75) is 25.7 Å². The van der Waals surface area contributed by atoms with E-state index in [2.05, 4.69) is 38.2 Å². The Morgan fingerprint density at radius 3 is 3.05 bits per heavy atom. The number of hydrogen-bond acceptors (Lipinski definition) is 6. The number of methoxy groups -OCH3 is 1. The predicted molar refractivity (Wildman–Crippen MR) is 80.6 cm³/mol. The zero-order valence-electron chi connectivity index (χ0n) is 12.3. The van der Waals surface area contributed by atoms with Crippen molar-refractivity contribution in [1.82, 2.24) is 15.2 Å². The molecule has 2 atom stereocenters. The van der Waals surface area contributed by atoms with Crippen LogP contribution in [0.3, 0.4) is 0 Å². The Balaban J connectivity index is 1.57. The second-order valence-electron chi connectivity index (χ2n) is 5.26. The molecule has 2 heterocycles. The number of esters is 1. The average molecular weight is 320 g/mol. The molecule has 22 heavy (non-hydrogen) atoms. The number of hydrogen-bond donors (Lipinski definition) is 2. The quantitative estimate of drug-likeness (QED) is 0.816. The third kappa shape index (κ3) is 3.01. The van der Waals surface area contributed by atoms with Gasteiger partial charge in [-0.25, -0.2) is 0 Å². The number of H-pyrrole nitrogens is 1. The Labute approximate surface area is 131 Å². The molecule has 0 aromatic carbocycles. The van der Waals surface area contributed by atoms with Gasteiger partial charge in [-0.2, -0.15) is 4.98 Å². The van der Waals surface area contributed by atoms with E-state index in [1.165, 1.54) is 17.6 Å². The number of carbonyl (C=O) groups excluding carboxylic acids is 2. The standard InChI is InChI=1S/C14H16N4O3S/c1-7-3-4-22-12(7)8-5-9(8)13(20)16-14-15-10(17-18-14)6-11(19)21-2/h3-4,8-9H,5-6H2,1-2H3,(H2,15,16,17,18,20)/t8-,9-/m0/s1. The highest BCUT2D eigenvalue weighted by molar-refractivity contribution is 7.10. The van der Waals surface area contributed by atoms with Crippen LogP contribution in [0, 0.1) is 12.8 Å². The first-order chi connectivity index (χ1) is 10.6. The molecule has 7 nitrogen and oxygen atoms in total. The fraction of sp³-hybridized carbons (Fsp3) is 0.429. The Morgan fingerprint density at radius 1 is 1.55 bits per heavy atom. The topological polar surface area (TPSA) is 97.0 Å². The number of amides is 1. The molecular formula is C14H16N4O3S. The summed E-state index contributed by atoms with van der Waals surface area (Å²) in [6.45, 7) is 2.06. The number of nitrogens with zero attached hydrogens (tertiary/aromatic N) is 2. The van der Waals surface area contributed by atoms with E-state index in [9.17, 15) is 9.59 Å². The molecule has 0 bridgehead atoms. The molecule has 8 heteroatoms. The highest BCUT2D eigenvalue weighted by Gasteiger charge is 2.45. The van der Waals surface area contributed by atoms with E-state index in [4.69, 9.17) is 0 Å². The number of rotatable bonds is 5. The van der Waals surface area contributed by atoms with Crippen molar-refractivity contribution in [1.29, 1.82) is 0 Å². The molecule has 0 saturated heterocycles. The second kappa shape index (κ2) is 5.88. The molecule has 116 valence electrons. The van der Waals surface area contributed by atoms with Crippen molar-refractivity contribution < 1.29 is 14.3 Å². The van der Waals surface area contributed by atoms with Crippen LogP contribution in [0.25, 0.3) is 0 Å². The smallest absolute Gasteiger partial charge is 0.313 e. The van der Waals surface area contributed by atoms with Gasteiger partial charge in [0.2, 0.25) is 11.9 Å². The van der Waals surface area contributed by atoms with E-state index in [1.54, 1.807) is 11.3 Å². The Morgan fingerprint density at radius 2 is 2.36 bits per heavy atom. The summed E-state index contributed by atoms with van der Waals surface area (Å²) in [4.78, 5) is 28.7. The van der Waals surface area contributed by atoms with Crippen LogP contribution < -0.4 is 5.32 Å². The summed E-state index contributed by atoms with van der Waals surface area (Å²) < 4.78 is 4.55. The van der Waals surface area contributed by atoms with Gasteiger partial charge in [0.1, 0.15) is 12.2 Å². The lowest BCUT2D eigenvalue weighted by Gasteiger charge is -2.00. The highest BCUT2D eigenvalue weighted by atomic mass is 32.1. The lowest BCUT2D eigenvalue weighted by molar-refractivity contribution is -0.139. The van der Waals surface area contributed by atoms with Gasteiger partial charge in [0.25, 0.3) is 0 Å². The molecule has 0 radical (unpaired) electrons. The van der Waals surface area contributed by atoms with E-state index < -0.39 is 5.97 Å². The summed E-state index contributed by atoms with van der Waals surface area (Å²) in [7, 11) is 1.31. The molecule has 1 aliphatic rings. The first-order valence-electron chi connectivity index (χ1n) is 6.91. The number of carbonyl (C=O) groups is 2. The molecule has 2 aromatic rings. The number of aromatic nitrogens is 3. The normalized spacial score (nSPS) is 19.7. The van der Waals surface area contributed by atoms with Crippen LogP contribution >= 0.6 is 11.3 Å². The van der Waals surface area contributed by atoms with Crippen LogP contribution in [0.15, 0.2) is 11.4 Å². The van der Waals surface area contributed by atoms with Gasteiger partial charge in [-0.05, 0) is 30.4 Å². The van der Waals surface area contributed by atoms with Crippen LogP contribution in [-0.4, -0.2) is 34.2 Å². The molecule has 0 aliphatic heterocycles. The predicted octanol–water partition coefficient (Wildman–Crippen LogP) is 1.63. The Kier molecular flexibility index (Phi) is 3.93. The second-order valence-corrected chi connectivity index (χ2v) is 6.21. The maximum absolute atomic E-state index is 12.2. The van der Waals surface area contributed by atoms with Crippen molar-refractivity contribution in [3.8, 4) is 0 Å². The van der Waals surface area contributed by atoms with Gasteiger partial charge in [-0.3, -0.25) is 20.0 Å². The zero-order chi connectivity index (χ0) is 15.7. The molecule has 0 unspecified atom stereocenters. The molecule has 2 aromatic heterocycles.